The van der Waals surface area contributed by atoms with Gasteiger partial charge in [0.05, 0.1) is 0 Å². The summed E-state index contributed by atoms with van der Waals surface area (Å²) in [7, 11) is -2.14. The Kier molecular flexibility index (Phi) is 5.79. The van der Waals surface area contributed by atoms with Gasteiger partial charge < -0.3 is 0 Å². The quantitative estimate of drug-likeness (QED) is 0.799. The predicted octanol–water partition coefficient (Wildman–Crippen LogP) is 1.72. The number of hydrogen-bond donors (Lipinski definition) is 0. The van der Waals surface area contributed by atoms with Gasteiger partial charge in [-0.1, -0.05) is 0 Å². The van der Waals surface area contributed by atoms with Crippen LogP contribution in [-0.2, 0) is 10.0 Å². The summed E-state index contributed by atoms with van der Waals surface area (Å²) in [6.07, 6.45) is 4.16. The van der Waals surface area contributed by atoms with Crippen LogP contribution in [-0.4, -0.2) is 42.8 Å². The fraction of sp³-hybridized carbons (Fsp3) is 0.500. The Balaban J connectivity index is 3.07. The van der Waals surface area contributed by atoms with Gasteiger partial charge in [-0.05, 0) is 37.5 Å². The molecule has 0 saturated heterocycles. The first kappa shape index (κ1) is 16.0. The highest BCUT2D eigenvalue weighted by Crippen LogP contribution is 2.20. The summed E-state index contributed by atoms with van der Waals surface area (Å²) in [6, 6.07) is 4.63. The average molecular weight is 299 g/mol. The number of hydrogen-bond acceptors (Lipinski definition) is 5. The topological polar surface area (TPSA) is 74.1 Å². The van der Waals surface area contributed by atoms with Crippen molar-refractivity contribution in [2.45, 2.75) is 24.3 Å². The lowest BCUT2D eigenvalue weighted by molar-refractivity contribution is 0.382. The van der Waals surface area contributed by atoms with Crippen molar-refractivity contribution in [3.8, 4) is 6.07 Å². The molecule has 7 heteroatoms. The van der Waals surface area contributed by atoms with Crippen molar-refractivity contribution in [1.29, 1.82) is 5.26 Å². The Morgan fingerprint density at radius 1 is 1.58 bits per heavy atom. The molecule has 0 aromatic carbocycles. The molecule has 104 valence electrons. The lowest BCUT2D eigenvalue weighted by atomic mass is 10.3. The van der Waals surface area contributed by atoms with Crippen molar-refractivity contribution in [2.24, 2.45) is 0 Å². The minimum absolute atomic E-state index is 0.0315. The molecule has 0 radical (unpaired) electrons. The molecule has 0 spiro atoms. The summed E-state index contributed by atoms with van der Waals surface area (Å²) >= 11 is 1.68. The maximum atomic E-state index is 12.4. The van der Waals surface area contributed by atoms with Crippen LogP contribution in [0.5, 0.6) is 0 Å². The number of sulfonamides is 1. The van der Waals surface area contributed by atoms with E-state index in [1.54, 1.807) is 11.8 Å². The smallest absolute Gasteiger partial charge is 0.244 e. The van der Waals surface area contributed by atoms with Gasteiger partial charge in [-0.15, -0.1) is 0 Å². The van der Waals surface area contributed by atoms with Crippen LogP contribution in [0.4, 0.5) is 0 Å². The monoisotopic (exact) mass is 299 g/mol. The molecule has 0 N–H and O–H groups in total. The van der Waals surface area contributed by atoms with Crippen LogP contribution in [0.3, 0.4) is 0 Å². The van der Waals surface area contributed by atoms with Crippen LogP contribution in [0, 0.1) is 11.3 Å². The molecule has 5 nitrogen and oxygen atoms in total. The number of nitrogens with zero attached hydrogens (tertiary/aromatic N) is 3. The second-order valence-corrected chi connectivity index (χ2v) is 7.07. The first-order valence-corrected chi connectivity index (χ1v) is 8.60. The van der Waals surface area contributed by atoms with Crippen molar-refractivity contribution < 1.29 is 8.42 Å². The predicted molar refractivity (Wildman–Crippen MR) is 76.4 cm³/mol. The highest BCUT2D eigenvalue weighted by molar-refractivity contribution is 7.98. The van der Waals surface area contributed by atoms with Crippen LogP contribution >= 0.6 is 11.8 Å². The van der Waals surface area contributed by atoms with Crippen molar-refractivity contribution >= 4 is 21.8 Å². The van der Waals surface area contributed by atoms with Gasteiger partial charge in [-0.2, -0.15) is 21.3 Å². The fourth-order valence-electron chi connectivity index (χ4n) is 1.54. The molecule has 1 aromatic rings. The Labute approximate surface area is 118 Å². The highest BCUT2D eigenvalue weighted by Gasteiger charge is 2.27. The second-order valence-electron chi connectivity index (χ2n) is 4.11. The van der Waals surface area contributed by atoms with E-state index in [2.05, 4.69) is 4.98 Å². The summed E-state index contributed by atoms with van der Waals surface area (Å²) in [5, 5.41) is 8.94. The molecule has 1 rings (SSSR count). The molecule has 1 heterocycles. The molecule has 0 aliphatic rings. The van der Waals surface area contributed by atoms with Crippen molar-refractivity contribution in [3.63, 3.8) is 0 Å². The molecule has 0 amide bonds. The highest BCUT2D eigenvalue weighted by atomic mass is 32.2. The van der Waals surface area contributed by atoms with Crippen LogP contribution in [0.1, 0.15) is 19.0 Å². The molecule has 19 heavy (non-hydrogen) atoms. The van der Waals surface area contributed by atoms with Crippen LogP contribution in [0.25, 0.3) is 0 Å². The van der Waals surface area contributed by atoms with Gasteiger partial charge in [0.25, 0.3) is 0 Å². The molecule has 0 saturated carbocycles. The van der Waals surface area contributed by atoms with E-state index in [0.717, 1.165) is 12.2 Å². The van der Waals surface area contributed by atoms with Gasteiger partial charge in [0.1, 0.15) is 11.0 Å². The van der Waals surface area contributed by atoms with Gasteiger partial charge in [0.15, 0.2) is 5.69 Å². The van der Waals surface area contributed by atoms with Gasteiger partial charge in [0.2, 0.25) is 10.0 Å². The largest absolute Gasteiger partial charge is 0.245 e. The Morgan fingerprint density at radius 2 is 2.26 bits per heavy atom. The first-order valence-electron chi connectivity index (χ1n) is 5.77. The normalized spacial score (nSPS) is 13.2. The van der Waals surface area contributed by atoms with E-state index < -0.39 is 10.0 Å². The molecular weight excluding hydrogens is 282 g/mol. The van der Waals surface area contributed by atoms with E-state index in [1.165, 1.54) is 29.7 Å². The average Bonchev–Trinajstić information content (AvgIpc) is 2.43. The van der Waals surface area contributed by atoms with Crippen LogP contribution in [0.2, 0.25) is 0 Å². The Bertz CT molecular complexity index is 567. The van der Waals surface area contributed by atoms with E-state index in [0.29, 0.717) is 0 Å². The minimum Gasteiger partial charge on any atom is -0.244 e. The van der Waals surface area contributed by atoms with E-state index in [4.69, 9.17) is 5.26 Å². The number of rotatable bonds is 6. The summed E-state index contributed by atoms with van der Waals surface area (Å²) in [5.41, 5.74) is -0.0635. The molecule has 1 aromatic heterocycles. The third kappa shape index (κ3) is 3.69. The lowest BCUT2D eigenvalue weighted by Gasteiger charge is -2.24. The van der Waals surface area contributed by atoms with Gasteiger partial charge in [-0.25, -0.2) is 13.4 Å². The Hall–Kier alpha value is -1.10. The zero-order valence-corrected chi connectivity index (χ0v) is 12.8. The van der Waals surface area contributed by atoms with Gasteiger partial charge in [0, 0.05) is 19.3 Å². The molecule has 0 aliphatic heterocycles. The molecule has 1 atom stereocenters. The van der Waals surface area contributed by atoms with E-state index in [-0.39, 0.29) is 16.6 Å². The minimum atomic E-state index is -3.67. The maximum Gasteiger partial charge on any atom is 0.245 e. The zero-order chi connectivity index (χ0) is 14.5. The standard InChI is InChI=1S/C12H17N3O2S2/c1-10(6-8-18-3)15(2)19(16,17)12-5-4-7-14-11(12)9-13/h4-5,7,10H,6,8H2,1-3H3. The number of nitriles is 1. The summed E-state index contributed by atoms with van der Waals surface area (Å²) < 4.78 is 26.2. The first-order chi connectivity index (χ1) is 8.95. The molecule has 0 fully saturated rings. The second kappa shape index (κ2) is 6.89. The van der Waals surface area contributed by atoms with Crippen LogP contribution in [0.15, 0.2) is 23.2 Å². The third-order valence-electron chi connectivity index (χ3n) is 2.89. The lowest BCUT2D eigenvalue weighted by Crippen LogP contribution is -2.35. The van der Waals surface area contributed by atoms with Crippen LogP contribution < -0.4 is 0 Å². The van der Waals surface area contributed by atoms with E-state index in [1.807, 2.05) is 19.2 Å². The summed E-state index contributed by atoms with van der Waals surface area (Å²) in [4.78, 5) is 3.76. The van der Waals surface area contributed by atoms with E-state index >= 15 is 0 Å². The van der Waals surface area contributed by atoms with Crippen molar-refractivity contribution in [1.82, 2.24) is 9.29 Å². The van der Waals surface area contributed by atoms with Gasteiger partial charge >= 0.3 is 0 Å². The molecule has 0 aliphatic carbocycles. The number of pyridine rings is 1. The SMILES string of the molecule is CSCCC(C)N(C)S(=O)(=O)c1cccnc1C#N. The van der Waals surface area contributed by atoms with Gasteiger partial charge in [-0.3, -0.25) is 0 Å². The number of aromatic nitrogens is 1. The summed E-state index contributed by atoms with van der Waals surface area (Å²) in [6.45, 7) is 1.86. The fourth-order valence-corrected chi connectivity index (χ4v) is 3.60. The van der Waals surface area contributed by atoms with E-state index in [9.17, 15) is 8.42 Å². The summed E-state index contributed by atoms with van der Waals surface area (Å²) in [5.74, 6) is 0.888. The van der Waals surface area contributed by atoms with Crippen molar-refractivity contribution in [2.75, 3.05) is 19.1 Å². The van der Waals surface area contributed by atoms with Crippen molar-refractivity contribution in [3.05, 3.63) is 24.0 Å². The number of thioether (sulfide) groups is 1. The Morgan fingerprint density at radius 3 is 2.84 bits per heavy atom. The third-order valence-corrected chi connectivity index (χ3v) is 5.54. The molecule has 0 bridgehead atoms. The zero-order valence-electron chi connectivity index (χ0n) is 11.2. The molecular formula is C12H17N3O2S2. The maximum absolute atomic E-state index is 12.4. The molecule has 1 unspecified atom stereocenters.